The van der Waals surface area contributed by atoms with Crippen molar-refractivity contribution < 1.29 is 4.79 Å². The minimum Gasteiger partial charge on any atom is -0.342 e. The molecule has 1 aliphatic carbocycles. The lowest BCUT2D eigenvalue weighted by atomic mass is 9.91. The number of rotatable bonds is 2. The van der Waals surface area contributed by atoms with E-state index < -0.39 is 5.92 Å². The molecule has 0 spiro atoms. The number of amides is 1. The number of carbonyl (C=O) groups excluding carboxylic acids is 1. The van der Waals surface area contributed by atoms with Gasteiger partial charge >= 0.3 is 0 Å². The topological polar surface area (TPSA) is 133 Å². The molecule has 1 aromatic heterocycles. The van der Waals surface area contributed by atoms with Crippen LogP contribution in [0, 0.1) is 5.92 Å². The van der Waals surface area contributed by atoms with Crippen molar-refractivity contribution in [2.75, 3.05) is 5.32 Å². The Hall–Kier alpha value is -3.33. The third kappa shape index (κ3) is 3.33. The molecule has 148 valence electrons. The number of fused-ring (bicyclic) bond motifs is 2. The first-order valence-corrected chi connectivity index (χ1v) is 9.84. The Morgan fingerprint density at radius 1 is 1.24 bits per heavy atom. The van der Waals surface area contributed by atoms with E-state index in [1.807, 2.05) is 24.3 Å². The molecule has 1 saturated carbocycles. The Labute approximate surface area is 167 Å². The first-order valence-electron chi connectivity index (χ1n) is 9.84. The van der Waals surface area contributed by atoms with E-state index in [2.05, 4.69) is 26.0 Å². The average molecular weight is 390 g/mol. The van der Waals surface area contributed by atoms with Crippen LogP contribution in [0.25, 0.3) is 10.9 Å². The molecule has 5 N–H and O–H groups in total. The third-order valence-corrected chi connectivity index (χ3v) is 5.62. The Kier molecular flexibility index (Phi) is 4.44. The van der Waals surface area contributed by atoms with Gasteiger partial charge in [-0.25, -0.2) is 10.4 Å². The molecule has 29 heavy (non-hydrogen) atoms. The van der Waals surface area contributed by atoms with Crippen LogP contribution in [0.5, 0.6) is 0 Å². The van der Waals surface area contributed by atoms with Gasteiger partial charge in [0.25, 0.3) is 5.91 Å². The summed E-state index contributed by atoms with van der Waals surface area (Å²) < 4.78 is 0. The number of hydrogen-bond acceptors (Lipinski definition) is 6. The van der Waals surface area contributed by atoms with Gasteiger partial charge in [0, 0.05) is 11.4 Å². The number of hydrogen-bond donors (Lipinski definition) is 4. The van der Waals surface area contributed by atoms with Gasteiger partial charge in [-0.2, -0.15) is 10.2 Å². The molecule has 3 aliphatic rings. The van der Waals surface area contributed by atoms with Crippen molar-refractivity contribution in [2.45, 2.75) is 37.8 Å². The predicted molar refractivity (Wildman–Crippen MR) is 113 cm³/mol. The molecule has 0 bridgehead atoms. The number of nitrogens with one attached hydrogen (secondary N) is 3. The summed E-state index contributed by atoms with van der Waals surface area (Å²) >= 11 is 0. The van der Waals surface area contributed by atoms with Gasteiger partial charge in [-0.05, 0) is 36.6 Å². The number of aliphatic imine (C=N–C) groups is 2. The molecule has 2 aliphatic heterocycles. The van der Waals surface area contributed by atoms with E-state index in [1.54, 1.807) is 12.4 Å². The zero-order valence-corrected chi connectivity index (χ0v) is 15.8. The molecular formula is C20H22N8O. The molecule has 1 amide bonds. The van der Waals surface area contributed by atoms with Gasteiger partial charge in [-0.3, -0.25) is 14.9 Å². The lowest BCUT2D eigenvalue weighted by molar-refractivity contribution is -0.122. The van der Waals surface area contributed by atoms with E-state index in [0.717, 1.165) is 47.8 Å². The standard InChI is InChI=1S/C20H22N8O/c21-13-4-1-2-5-16(13)24-17-8-11-9-22-28-20(29)18(11)19(26-17)25-14-6-3-7-15-12(14)10-23-27-15/h3,6-10,13,16,18H,1-2,4-5,21H2,(H,23,27)(H,28,29)(H,24,25,26)/t13-,16+,18?/m0/s1. The van der Waals surface area contributed by atoms with Gasteiger partial charge < -0.3 is 11.1 Å². The zero-order chi connectivity index (χ0) is 19.8. The molecule has 1 unspecified atom stereocenters. The highest BCUT2D eigenvalue weighted by Gasteiger charge is 2.34. The van der Waals surface area contributed by atoms with E-state index in [0.29, 0.717) is 11.7 Å². The van der Waals surface area contributed by atoms with Crippen molar-refractivity contribution in [2.24, 2.45) is 26.7 Å². The van der Waals surface area contributed by atoms with Crippen LogP contribution in [0.4, 0.5) is 5.69 Å². The Morgan fingerprint density at radius 2 is 2.14 bits per heavy atom. The number of anilines is 1. The van der Waals surface area contributed by atoms with E-state index in [4.69, 9.17) is 15.7 Å². The molecule has 5 rings (SSSR count). The summed E-state index contributed by atoms with van der Waals surface area (Å²) in [6.45, 7) is 0. The highest BCUT2D eigenvalue weighted by Crippen LogP contribution is 2.27. The summed E-state index contributed by atoms with van der Waals surface area (Å²) in [6.07, 6.45) is 9.42. The smallest absolute Gasteiger partial charge is 0.255 e. The van der Waals surface area contributed by atoms with Crippen LogP contribution in [-0.2, 0) is 4.79 Å². The molecule has 1 fully saturated rings. The van der Waals surface area contributed by atoms with Crippen LogP contribution in [0.15, 0.2) is 51.1 Å². The fourth-order valence-corrected chi connectivity index (χ4v) is 4.08. The number of aromatic amines is 1. The van der Waals surface area contributed by atoms with Crippen molar-refractivity contribution >= 4 is 40.4 Å². The van der Waals surface area contributed by atoms with Crippen LogP contribution < -0.4 is 16.5 Å². The Balaban J connectivity index is 1.53. The number of aromatic nitrogens is 2. The highest BCUT2D eigenvalue weighted by molar-refractivity contribution is 6.24. The van der Waals surface area contributed by atoms with E-state index in [-0.39, 0.29) is 18.0 Å². The maximum Gasteiger partial charge on any atom is 0.255 e. The molecule has 2 aromatic rings. The number of nitrogens with zero attached hydrogens (tertiary/aromatic N) is 4. The summed E-state index contributed by atoms with van der Waals surface area (Å²) in [5, 5.41) is 15.3. The van der Waals surface area contributed by atoms with Crippen molar-refractivity contribution in [1.82, 2.24) is 15.6 Å². The van der Waals surface area contributed by atoms with Crippen LogP contribution in [0.1, 0.15) is 25.7 Å². The largest absolute Gasteiger partial charge is 0.342 e. The maximum absolute atomic E-state index is 12.5. The zero-order valence-electron chi connectivity index (χ0n) is 15.8. The van der Waals surface area contributed by atoms with Gasteiger partial charge in [0.05, 0.1) is 29.7 Å². The summed E-state index contributed by atoms with van der Waals surface area (Å²) in [4.78, 5) is 22.0. The third-order valence-electron chi connectivity index (χ3n) is 5.62. The molecule has 3 heterocycles. The lowest BCUT2D eigenvalue weighted by Gasteiger charge is -2.28. The minimum atomic E-state index is -0.561. The van der Waals surface area contributed by atoms with E-state index in [1.165, 1.54) is 0 Å². The fraction of sp³-hybridized carbons (Fsp3) is 0.350. The second-order valence-electron chi connectivity index (χ2n) is 7.57. The Morgan fingerprint density at radius 3 is 3.03 bits per heavy atom. The molecule has 3 atom stereocenters. The van der Waals surface area contributed by atoms with Gasteiger partial charge in [0.2, 0.25) is 0 Å². The van der Waals surface area contributed by atoms with E-state index in [9.17, 15) is 4.79 Å². The molecule has 9 heteroatoms. The van der Waals surface area contributed by atoms with Gasteiger partial charge in [-0.15, -0.1) is 0 Å². The normalized spacial score (nSPS) is 28.0. The predicted octanol–water partition coefficient (Wildman–Crippen LogP) is 1.71. The maximum atomic E-state index is 12.5. The van der Waals surface area contributed by atoms with E-state index >= 15 is 0 Å². The molecule has 0 saturated heterocycles. The lowest BCUT2D eigenvalue weighted by Crippen LogP contribution is -2.43. The number of dihydropyridines is 1. The van der Waals surface area contributed by atoms with Gasteiger partial charge in [-0.1, -0.05) is 18.9 Å². The number of amidine groups is 2. The van der Waals surface area contributed by atoms with Crippen molar-refractivity contribution in [1.29, 1.82) is 0 Å². The van der Waals surface area contributed by atoms with Crippen LogP contribution in [0.2, 0.25) is 0 Å². The average Bonchev–Trinajstić information content (AvgIpc) is 3.20. The Bertz CT molecular complexity index is 1080. The quantitative estimate of drug-likeness (QED) is 0.621. The number of nitrogens with two attached hydrogens (primary N) is 1. The first kappa shape index (κ1) is 17.7. The number of carbonyl (C=O) groups is 1. The summed E-state index contributed by atoms with van der Waals surface area (Å²) in [7, 11) is 0. The second kappa shape index (κ2) is 7.25. The molecule has 9 nitrogen and oxygen atoms in total. The second-order valence-corrected chi connectivity index (χ2v) is 7.57. The number of hydrazone groups is 1. The van der Waals surface area contributed by atoms with Crippen molar-refractivity contribution in [3.63, 3.8) is 0 Å². The fourth-order valence-electron chi connectivity index (χ4n) is 4.08. The SMILES string of the molecule is N[C@H]1CCCC[C@H]1N=C1C=C2C=NNC(=O)C2C(Nc2cccc3[nH]ncc23)=N1. The number of H-pyrrole nitrogens is 1. The van der Waals surface area contributed by atoms with Gasteiger partial charge in [0.1, 0.15) is 17.6 Å². The van der Waals surface area contributed by atoms with Crippen molar-refractivity contribution in [3.8, 4) is 0 Å². The van der Waals surface area contributed by atoms with Crippen molar-refractivity contribution in [3.05, 3.63) is 36.0 Å². The van der Waals surface area contributed by atoms with Crippen LogP contribution in [0.3, 0.4) is 0 Å². The van der Waals surface area contributed by atoms with Crippen LogP contribution >= 0.6 is 0 Å². The highest BCUT2D eigenvalue weighted by atomic mass is 16.2. The summed E-state index contributed by atoms with van der Waals surface area (Å²) in [5.74, 6) is 0.302. The van der Waals surface area contributed by atoms with Crippen LogP contribution in [-0.4, -0.2) is 46.1 Å². The molecule has 0 radical (unpaired) electrons. The molecular weight excluding hydrogens is 368 g/mol. The number of benzene rings is 1. The molecule has 1 aromatic carbocycles. The summed E-state index contributed by atoms with van der Waals surface area (Å²) in [5.41, 5.74) is 11.3. The monoisotopic (exact) mass is 390 g/mol. The minimum absolute atomic E-state index is 0.0435. The first-order chi connectivity index (χ1) is 14.2. The summed E-state index contributed by atoms with van der Waals surface area (Å²) in [6, 6.07) is 5.88. The van der Waals surface area contributed by atoms with Gasteiger partial charge in [0.15, 0.2) is 0 Å².